The van der Waals surface area contributed by atoms with E-state index in [9.17, 15) is 0 Å². The molecule has 0 saturated carbocycles. The molecule has 3 aliphatic rings. The summed E-state index contributed by atoms with van der Waals surface area (Å²) in [6.07, 6.45) is 17.8. The van der Waals surface area contributed by atoms with Gasteiger partial charge in [-0.3, -0.25) is 4.99 Å². The number of fused-ring (bicyclic) bond motifs is 6. The summed E-state index contributed by atoms with van der Waals surface area (Å²) in [6, 6.07) is 53.0. The van der Waals surface area contributed by atoms with Crippen LogP contribution in [-0.2, 0) is 6.42 Å². The molecule has 1 unspecified atom stereocenters. The third-order valence-electron chi connectivity index (χ3n) is 11.6. The van der Waals surface area contributed by atoms with E-state index in [1.165, 1.54) is 55.1 Å². The lowest BCUT2D eigenvalue weighted by molar-refractivity contribution is 0.664. The molecule has 2 aromatic heterocycles. The van der Waals surface area contributed by atoms with Gasteiger partial charge in [0, 0.05) is 44.5 Å². The molecule has 4 nitrogen and oxygen atoms in total. The van der Waals surface area contributed by atoms with Gasteiger partial charge in [-0.2, -0.15) is 0 Å². The first-order valence-electron chi connectivity index (χ1n) is 19.8. The van der Waals surface area contributed by atoms with Gasteiger partial charge in [-0.15, -0.1) is 0 Å². The Balaban J connectivity index is 1.14. The van der Waals surface area contributed by atoms with Crippen LogP contribution in [0, 0.1) is 0 Å². The van der Waals surface area contributed by atoms with E-state index in [2.05, 4.69) is 196 Å². The number of benzene rings is 6. The van der Waals surface area contributed by atoms with Crippen molar-refractivity contribution in [1.82, 2.24) is 14.5 Å². The molecule has 1 aliphatic heterocycles. The fraction of sp³-hybridized carbons (Fsp3) is 0.0962. The number of allylic oxidation sites excluding steroid dienone is 6. The molecule has 0 radical (unpaired) electrons. The minimum Gasteiger partial charge on any atom is -0.360 e. The van der Waals surface area contributed by atoms with Crippen molar-refractivity contribution in [2.24, 2.45) is 4.99 Å². The Morgan fingerprint density at radius 2 is 1.16 bits per heavy atom. The van der Waals surface area contributed by atoms with Gasteiger partial charge in [-0.1, -0.05) is 133 Å². The lowest BCUT2D eigenvalue weighted by Gasteiger charge is -2.26. The molecule has 0 fully saturated rings. The minimum atomic E-state index is -0.252. The number of aryl methyl sites for hydroxylation is 1. The Labute approximate surface area is 326 Å². The van der Waals surface area contributed by atoms with E-state index in [1.807, 2.05) is 0 Å². The molecule has 1 N–H and O–H groups in total. The van der Waals surface area contributed by atoms with Crippen LogP contribution in [0.5, 0.6) is 0 Å². The standard InChI is InChI=1S/C52H40N4/c1-3-15-35(16-4-1)36-27-29-37(30-28-36)46-34-47(54-52(53-46)38-17-5-2-6-18-38)39-31-40(55-48-23-11-7-19-42(48)43-20-8-12-24-49(43)55)33-41(32-39)56-50-25-13-9-21-44(50)45-22-10-14-26-51(45)56/h2-3,5-9,11-21,23-34,52,54H,1,4,10,22H2. The number of para-hydroxylation sites is 3. The summed E-state index contributed by atoms with van der Waals surface area (Å²) in [5.74, 6) is 0. The van der Waals surface area contributed by atoms with Crippen LogP contribution in [-0.4, -0.2) is 14.8 Å². The highest BCUT2D eigenvalue weighted by Gasteiger charge is 2.24. The second kappa shape index (κ2) is 13.4. The van der Waals surface area contributed by atoms with Crippen LogP contribution >= 0.6 is 0 Å². The number of aliphatic imine (C=N–C) groups is 1. The molecular weight excluding hydrogens is 681 g/mol. The van der Waals surface area contributed by atoms with Crippen molar-refractivity contribution in [2.75, 3.05) is 0 Å². The van der Waals surface area contributed by atoms with Crippen LogP contribution in [0.25, 0.3) is 61.4 Å². The van der Waals surface area contributed by atoms with Gasteiger partial charge in [0.15, 0.2) is 0 Å². The number of hydrogen-bond donors (Lipinski definition) is 1. The van der Waals surface area contributed by atoms with Gasteiger partial charge >= 0.3 is 0 Å². The first-order chi connectivity index (χ1) is 27.8. The van der Waals surface area contributed by atoms with Gasteiger partial charge < -0.3 is 14.5 Å². The highest BCUT2D eigenvalue weighted by Crippen LogP contribution is 2.38. The highest BCUT2D eigenvalue weighted by atomic mass is 15.1. The SMILES string of the molecule is C1=CC(c2ccc(C3=NC(c4ccccc4)NC(c4cc(-n5c6c(c7ccccc75)CCC=C6)cc(-n5c6ccccc6c6ccccc65)c4)=C3)cc2)=CCC1. The van der Waals surface area contributed by atoms with Crippen molar-refractivity contribution in [3.05, 3.63) is 209 Å². The number of rotatable bonds is 6. The van der Waals surface area contributed by atoms with Crippen molar-refractivity contribution >= 4 is 55.8 Å². The molecule has 8 aromatic rings. The predicted molar refractivity (Wildman–Crippen MR) is 235 cm³/mol. The molecule has 1 atom stereocenters. The third kappa shape index (κ3) is 5.48. The number of nitrogens with one attached hydrogen (secondary N) is 1. The lowest BCUT2D eigenvalue weighted by atomic mass is 9.96. The van der Waals surface area contributed by atoms with Crippen LogP contribution in [0.2, 0.25) is 0 Å². The topological polar surface area (TPSA) is 34.2 Å². The molecule has 6 aromatic carbocycles. The molecule has 11 rings (SSSR count). The van der Waals surface area contributed by atoms with Crippen molar-refractivity contribution in [2.45, 2.75) is 31.8 Å². The van der Waals surface area contributed by atoms with Crippen molar-refractivity contribution < 1.29 is 0 Å². The molecular formula is C52H40N4. The summed E-state index contributed by atoms with van der Waals surface area (Å²) in [7, 11) is 0. The van der Waals surface area contributed by atoms with Gasteiger partial charge in [0.1, 0.15) is 6.17 Å². The molecule has 0 bridgehead atoms. The van der Waals surface area contributed by atoms with E-state index in [4.69, 9.17) is 4.99 Å². The van der Waals surface area contributed by atoms with E-state index >= 15 is 0 Å². The van der Waals surface area contributed by atoms with Crippen LogP contribution in [0.15, 0.2) is 181 Å². The highest BCUT2D eigenvalue weighted by molar-refractivity contribution is 6.13. The number of hydrogen-bond acceptors (Lipinski definition) is 2. The average Bonchev–Trinajstić information content (AvgIpc) is 3.80. The maximum absolute atomic E-state index is 5.35. The summed E-state index contributed by atoms with van der Waals surface area (Å²) in [6.45, 7) is 0. The Bertz CT molecular complexity index is 2930. The average molecular weight is 721 g/mol. The predicted octanol–water partition coefficient (Wildman–Crippen LogP) is 12.6. The quantitative estimate of drug-likeness (QED) is 0.182. The van der Waals surface area contributed by atoms with Crippen LogP contribution in [0.1, 0.15) is 58.9 Å². The monoisotopic (exact) mass is 720 g/mol. The van der Waals surface area contributed by atoms with Gasteiger partial charge in [0.2, 0.25) is 0 Å². The Kier molecular flexibility index (Phi) is 7.80. The fourth-order valence-corrected chi connectivity index (χ4v) is 8.99. The molecule has 4 heteroatoms. The van der Waals surface area contributed by atoms with Crippen molar-refractivity contribution in [3.8, 4) is 11.4 Å². The number of aromatic nitrogens is 2. The van der Waals surface area contributed by atoms with Gasteiger partial charge in [0.05, 0.1) is 22.3 Å². The molecule has 3 heterocycles. The Hall–Kier alpha value is -6.91. The Morgan fingerprint density at radius 1 is 0.536 bits per heavy atom. The molecule has 56 heavy (non-hydrogen) atoms. The van der Waals surface area contributed by atoms with E-state index in [0.29, 0.717) is 0 Å². The molecule has 0 amide bonds. The first-order valence-corrected chi connectivity index (χ1v) is 19.8. The second-order valence-corrected chi connectivity index (χ2v) is 15.0. The fourth-order valence-electron chi connectivity index (χ4n) is 8.99. The minimum absolute atomic E-state index is 0.252. The largest absolute Gasteiger partial charge is 0.360 e. The van der Waals surface area contributed by atoms with Crippen molar-refractivity contribution in [3.63, 3.8) is 0 Å². The Morgan fingerprint density at radius 3 is 1.88 bits per heavy atom. The zero-order valence-corrected chi connectivity index (χ0v) is 31.1. The molecule has 0 spiro atoms. The smallest absolute Gasteiger partial charge is 0.145 e. The first kappa shape index (κ1) is 32.5. The van der Waals surface area contributed by atoms with Gasteiger partial charge in [-0.05, 0) is 102 Å². The number of nitrogens with zero attached hydrogens (tertiary/aromatic N) is 3. The molecule has 268 valence electrons. The van der Waals surface area contributed by atoms with E-state index in [0.717, 1.165) is 65.2 Å². The summed E-state index contributed by atoms with van der Waals surface area (Å²) >= 11 is 0. The van der Waals surface area contributed by atoms with E-state index in [-0.39, 0.29) is 6.17 Å². The second-order valence-electron chi connectivity index (χ2n) is 15.0. The zero-order chi connectivity index (χ0) is 37.0. The summed E-state index contributed by atoms with van der Waals surface area (Å²) in [5.41, 5.74) is 16.4. The summed E-state index contributed by atoms with van der Waals surface area (Å²) < 4.78 is 4.91. The van der Waals surface area contributed by atoms with Crippen LogP contribution < -0.4 is 5.32 Å². The maximum Gasteiger partial charge on any atom is 0.145 e. The molecule has 2 aliphatic carbocycles. The summed E-state index contributed by atoms with van der Waals surface area (Å²) in [4.78, 5) is 5.35. The van der Waals surface area contributed by atoms with Crippen LogP contribution in [0.4, 0.5) is 0 Å². The van der Waals surface area contributed by atoms with Crippen LogP contribution in [0.3, 0.4) is 0 Å². The van der Waals surface area contributed by atoms with E-state index in [1.54, 1.807) is 0 Å². The third-order valence-corrected chi connectivity index (χ3v) is 11.6. The zero-order valence-electron chi connectivity index (χ0n) is 31.1. The summed E-state index contributed by atoms with van der Waals surface area (Å²) in [5, 5.41) is 7.71. The maximum atomic E-state index is 5.35. The van der Waals surface area contributed by atoms with Crippen molar-refractivity contribution in [1.29, 1.82) is 0 Å². The van der Waals surface area contributed by atoms with E-state index < -0.39 is 0 Å². The normalized spacial score (nSPS) is 16.4. The van der Waals surface area contributed by atoms with Gasteiger partial charge in [0.25, 0.3) is 0 Å². The van der Waals surface area contributed by atoms with Gasteiger partial charge in [-0.25, -0.2) is 0 Å². The molecule has 0 saturated heterocycles. The lowest BCUT2D eigenvalue weighted by Crippen LogP contribution is -2.25.